The summed E-state index contributed by atoms with van der Waals surface area (Å²) in [5.41, 5.74) is 2.75. The largest absolute Gasteiger partial charge is 0.453 e. The summed E-state index contributed by atoms with van der Waals surface area (Å²) < 4.78 is 19.6. The van der Waals surface area contributed by atoms with E-state index in [2.05, 4.69) is 10.3 Å². The molecule has 27 heavy (non-hydrogen) atoms. The number of halogens is 1. The topological polar surface area (TPSA) is 51.2 Å². The van der Waals surface area contributed by atoms with Crippen LogP contribution in [0.2, 0.25) is 0 Å². The Morgan fingerprint density at radius 1 is 1.19 bits per heavy atom. The molecule has 0 aliphatic heterocycles. The molecule has 0 radical (unpaired) electrons. The lowest BCUT2D eigenvalue weighted by Crippen LogP contribution is -2.20. The Morgan fingerprint density at radius 2 is 2.00 bits per heavy atom. The molecule has 1 amide bonds. The molecular weight excluding hydrogens is 343 g/mol. The molecule has 1 N–H and O–H groups in total. The van der Waals surface area contributed by atoms with Crippen LogP contribution in [0.4, 0.5) is 4.39 Å². The molecule has 0 saturated carbocycles. The van der Waals surface area contributed by atoms with Gasteiger partial charge in [0.25, 0.3) is 0 Å². The van der Waals surface area contributed by atoms with Crippen molar-refractivity contribution in [3.8, 4) is 11.5 Å². The molecule has 1 aromatic heterocycles. The number of ether oxygens (including phenoxy) is 1. The van der Waals surface area contributed by atoms with Gasteiger partial charge in [0.1, 0.15) is 5.75 Å². The maximum atomic E-state index is 14.2. The fraction of sp³-hybridized carbons (Fsp3) is 0.0909. The molecule has 0 aliphatic rings. The molecule has 4 nitrogen and oxygen atoms in total. The molecule has 0 unspecified atom stereocenters. The number of pyridine rings is 1. The van der Waals surface area contributed by atoms with Crippen LogP contribution in [0.1, 0.15) is 16.7 Å². The SMILES string of the molecule is Cc1ccc(CNC(=O)/C=C/c2ccc(Oc3cccnc3)c(F)c2)cc1. The zero-order valence-corrected chi connectivity index (χ0v) is 14.9. The fourth-order valence-corrected chi connectivity index (χ4v) is 2.36. The first-order valence-electron chi connectivity index (χ1n) is 8.49. The summed E-state index contributed by atoms with van der Waals surface area (Å²) in [6.45, 7) is 2.45. The number of amides is 1. The Bertz CT molecular complexity index is 938. The Morgan fingerprint density at radius 3 is 2.70 bits per heavy atom. The molecule has 136 valence electrons. The molecule has 0 bridgehead atoms. The van der Waals surface area contributed by atoms with E-state index in [9.17, 15) is 9.18 Å². The van der Waals surface area contributed by atoms with E-state index in [0.29, 0.717) is 17.9 Å². The second kappa shape index (κ2) is 8.76. The fourth-order valence-electron chi connectivity index (χ4n) is 2.36. The number of hydrogen-bond donors (Lipinski definition) is 1. The van der Waals surface area contributed by atoms with Crippen LogP contribution in [0.3, 0.4) is 0 Å². The van der Waals surface area contributed by atoms with Crippen LogP contribution in [-0.2, 0) is 11.3 Å². The summed E-state index contributed by atoms with van der Waals surface area (Å²) in [5.74, 6) is -0.202. The molecule has 0 atom stereocenters. The first-order chi connectivity index (χ1) is 13.1. The van der Waals surface area contributed by atoms with Gasteiger partial charge >= 0.3 is 0 Å². The highest BCUT2D eigenvalue weighted by molar-refractivity contribution is 5.91. The van der Waals surface area contributed by atoms with Crippen molar-refractivity contribution in [2.45, 2.75) is 13.5 Å². The molecular formula is C22H19FN2O2. The number of nitrogens with one attached hydrogen (secondary N) is 1. The van der Waals surface area contributed by atoms with E-state index in [-0.39, 0.29) is 11.7 Å². The Hall–Kier alpha value is -3.47. The summed E-state index contributed by atoms with van der Waals surface area (Å²) in [7, 11) is 0. The van der Waals surface area contributed by atoms with Gasteiger partial charge in [0.15, 0.2) is 11.6 Å². The number of carbonyl (C=O) groups is 1. The van der Waals surface area contributed by atoms with Gasteiger partial charge < -0.3 is 10.1 Å². The van der Waals surface area contributed by atoms with Gasteiger partial charge in [-0.3, -0.25) is 9.78 Å². The Labute approximate surface area is 157 Å². The lowest BCUT2D eigenvalue weighted by atomic mass is 10.1. The third-order valence-corrected chi connectivity index (χ3v) is 3.83. The van der Waals surface area contributed by atoms with E-state index >= 15 is 0 Å². The van der Waals surface area contributed by atoms with Crippen molar-refractivity contribution in [2.24, 2.45) is 0 Å². The van der Waals surface area contributed by atoms with E-state index in [1.54, 1.807) is 30.5 Å². The third-order valence-electron chi connectivity index (χ3n) is 3.83. The highest BCUT2D eigenvalue weighted by Crippen LogP contribution is 2.24. The van der Waals surface area contributed by atoms with Crippen LogP contribution in [0, 0.1) is 12.7 Å². The number of aromatic nitrogens is 1. The van der Waals surface area contributed by atoms with Crippen molar-refractivity contribution in [3.63, 3.8) is 0 Å². The lowest BCUT2D eigenvalue weighted by Gasteiger charge is -2.06. The predicted octanol–water partition coefficient (Wildman–Crippen LogP) is 4.65. The second-order valence-corrected chi connectivity index (χ2v) is 6.02. The van der Waals surface area contributed by atoms with Crippen molar-refractivity contribution >= 4 is 12.0 Å². The van der Waals surface area contributed by atoms with Crippen LogP contribution >= 0.6 is 0 Å². The van der Waals surface area contributed by atoms with Crippen molar-refractivity contribution in [3.05, 3.63) is 95.6 Å². The first-order valence-corrected chi connectivity index (χ1v) is 8.49. The molecule has 2 aromatic carbocycles. The number of benzene rings is 2. The smallest absolute Gasteiger partial charge is 0.244 e. The average molecular weight is 362 g/mol. The zero-order valence-electron chi connectivity index (χ0n) is 14.9. The second-order valence-electron chi connectivity index (χ2n) is 6.02. The van der Waals surface area contributed by atoms with Crippen LogP contribution in [-0.4, -0.2) is 10.9 Å². The molecule has 0 aliphatic carbocycles. The monoisotopic (exact) mass is 362 g/mol. The molecule has 5 heteroatoms. The van der Waals surface area contributed by atoms with Crippen LogP contribution in [0.15, 0.2) is 73.1 Å². The normalized spacial score (nSPS) is 10.7. The number of hydrogen-bond acceptors (Lipinski definition) is 3. The zero-order chi connectivity index (χ0) is 19.1. The maximum Gasteiger partial charge on any atom is 0.244 e. The van der Waals surface area contributed by atoms with Gasteiger partial charge in [-0.1, -0.05) is 35.9 Å². The number of aryl methyl sites for hydroxylation is 1. The number of nitrogens with zero attached hydrogens (tertiary/aromatic N) is 1. The summed E-state index contributed by atoms with van der Waals surface area (Å²) in [4.78, 5) is 15.8. The molecule has 0 saturated heterocycles. The molecule has 1 heterocycles. The maximum absolute atomic E-state index is 14.2. The molecule has 0 spiro atoms. The van der Waals surface area contributed by atoms with Crippen molar-refractivity contribution in [2.75, 3.05) is 0 Å². The number of carbonyl (C=O) groups excluding carboxylic acids is 1. The Balaban J connectivity index is 1.57. The quantitative estimate of drug-likeness (QED) is 0.650. The van der Waals surface area contributed by atoms with E-state index in [1.807, 2.05) is 31.2 Å². The minimum Gasteiger partial charge on any atom is -0.453 e. The summed E-state index contributed by atoms with van der Waals surface area (Å²) in [6.07, 6.45) is 6.05. The third kappa shape index (κ3) is 5.51. The standard InChI is InChI=1S/C22H19FN2O2/c1-16-4-6-18(7-5-16)14-25-22(26)11-9-17-8-10-21(20(23)13-17)27-19-3-2-12-24-15-19/h2-13,15H,14H2,1H3,(H,25,26)/b11-9+. The molecule has 0 fully saturated rings. The lowest BCUT2D eigenvalue weighted by molar-refractivity contribution is -0.116. The minimum atomic E-state index is -0.513. The van der Waals surface area contributed by atoms with E-state index in [1.165, 1.54) is 30.0 Å². The van der Waals surface area contributed by atoms with Crippen molar-refractivity contribution in [1.82, 2.24) is 10.3 Å². The van der Waals surface area contributed by atoms with Gasteiger partial charge in [-0.15, -0.1) is 0 Å². The van der Waals surface area contributed by atoms with Gasteiger partial charge in [-0.2, -0.15) is 0 Å². The van der Waals surface area contributed by atoms with Gasteiger partial charge in [0, 0.05) is 18.8 Å². The van der Waals surface area contributed by atoms with E-state index in [0.717, 1.165) is 5.56 Å². The van der Waals surface area contributed by atoms with Crippen LogP contribution in [0.5, 0.6) is 11.5 Å². The van der Waals surface area contributed by atoms with Gasteiger partial charge in [-0.25, -0.2) is 4.39 Å². The highest BCUT2D eigenvalue weighted by Gasteiger charge is 2.05. The van der Waals surface area contributed by atoms with Gasteiger partial charge in [0.2, 0.25) is 5.91 Å². The van der Waals surface area contributed by atoms with Crippen LogP contribution < -0.4 is 10.1 Å². The summed E-state index contributed by atoms with van der Waals surface area (Å²) in [5, 5.41) is 2.80. The Kier molecular flexibility index (Phi) is 5.94. The minimum absolute atomic E-state index is 0.101. The predicted molar refractivity (Wildman–Crippen MR) is 103 cm³/mol. The summed E-state index contributed by atoms with van der Waals surface area (Å²) in [6, 6.07) is 15.8. The molecule has 3 rings (SSSR count). The van der Waals surface area contributed by atoms with Gasteiger partial charge in [0.05, 0.1) is 6.20 Å². The number of rotatable bonds is 6. The average Bonchev–Trinajstić information content (AvgIpc) is 2.68. The van der Waals surface area contributed by atoms with Crippen LogP contribution in [0.25, 0.3) is 6.08 Å². The highest BCUT2D eigenvalue weighted by atomic mass is 19.1. The van der Waals surface area contributed by atoms with Crippen molar-refractivity contribution in [1.29, 1.82) is 0 Å². The first kappa shape index (κ1) is 18.3. The van der Waals surface area contributed by atoms with E-state index < -0.39 is 5.82 Å². The molecule has 3 aromatic rings. The summed E-state index contributed by atoms with van der Waals surface area (Å²) >= 11 is 0. The van der Waals surface area contributed by atoms with Crippen molar-refractivity contribution < 1.29 is 13.9 Å². The van der Waals surface area contributed by atoms with Gasteiger partial charge in [-0.05, 0) is 48.4 Å². The van der Waals surface area contributed by atoms with E-state index in [4.69, 9.17) is 4.74 Å².